The summed E-state index contributed by atoms with van der Waals surface area (Å²) in [5.41, 5.74) is 3.11. The first-order chi connectivity index (χ1) is 11.4. The van der Waals surface area contributed by atoms with Crippen molar-refractivity contribution >= 4 is 22.2 Å². The smallest absolute Gasteiger partial charge is 0.339 e. The Morgan fingerprint density at radius 2 is 1.71 bits per heavy atom. The van der Waals surface area contributed by atoms with E-state index in [0.717, 1.165) is 0 Å². The van der Waals surface area contributed by atoms with Crippen LogP contribution >= 0.6 is 0 Å². The fraction of sp³-hybridized carbons (Fsp3) is 0.176. The fourth-order valence-electron chi connectivity index (χ4n) is 1.67. The molecule has 126 valence electrons. The molecule has 2 aromatic carbocycles. The minimum absolute atomic E-state index is 0.0898. The van der Waals surface area contributed by atoms with Gasteiger partial charge in [0.2, 0.25) is 5.91 Å². The van der Waals surface area contributed by atoms with Crippen LogP contribution in [0.4, 0.5) is 0 Å². The van der Waals surface area contributed by atoms with Crippen LogP contribution in [0, 0.1) is 5.92 Å². The second kappa shape index (κ2) is 7.74. The normalized spacial score (nSPS) is 11.6. The van der Waals surface area contributed by atoms with Gasteiger partial charge in [-0.2, -0.15) is 13.5 Å². The van der Waals surface area contributed by atoms with Gasteiger partial charge in [-0.3, -0.25) is 4.79 Å². The van der Waals surface area contributed by atoms with Gasteiger partial charge in [-0.25, -0.2) is 5.43 Å². The quantitative estimate of drug-likeness (QED) is 0.495. The number of hydrogen-bond acceptors (Lipinski definition) is 5. The van der Waals surface area contributed by atoms with Gasteiger partial charge in [-0.15, -0.1) is 0 Å². The van der Waals surface area contributed by atoms with E-state index in [1.54, 1.807) is 44.2 Å². The number of hydrogen-bond donors (Lipinski definition) is 1. The van der Waals surface area contributed by atoms with Crippen LogP contribution < -0.4 is 9.61 Å². The summed E-state index contributed by atoms with van der Waals surface area (Å²) in [6.45, 7) is 3.54. The largest absolute Gasteiger partial charge is 0.379 e. The Hall–Kier alpha value is -2.67. The molecule has 2 rings (SSSR count). The average molecular weight is 346 g/mol. The Morgan fingerprint density at radius 1 is 1.08 bits per heavy atom. The van der Waals surface area contributed by atoms with Crippen molar-refractivity contribution in [1.29, 1.82) is 0 Å². The third-order valence-electron chi connectivity index (χ3n) is 3.03. The molecule has 0 heterocycles. The minimum atomic E-state index is -3.85. The predicted molar refractivity (Wildman–Crippen MR) is 91.3 cm³/mol. The molecule has 0 unspecified atom stereocenters. The Morgan fingerprint density at radius 3 is 2.29 bits per heavy atom. The molecular formula is C17H18N2O4S. The lowest BCUT2D eigenvalue weighted by Gasteiger charge is -2.07. The van der Waals surface area contributed by atoms with Crippen LogP contribution in [0.5, 0.6) is 5.75 Å². The molecule has 0 spiro atoms. The molecule has 0 bridgehead atoms. The second-order valence-corrected chi connectivity index (χ2v) is 6.85. The first kappa shape index (κ1) is 17.7. The molecule has 1 amide bonds. The maximum atomic E-state index is 12.1. The number of rotatable bonds is 6. The summed E-state index contributed by atoms with van der Waals surface area (Å²) in [5.74, 6) is -0.136. The SMILES string of the molecule is CC(C)C(=O)N/N=C\c1ccc(OS(=O)(=O)c2ccccc2)cc1. The molecule has 0 aliphatic heterocycles. The molecule has 24 heavy (non-hydrogen) atoms. The van der Waals surface area contributed by atoms with Crippen LogP contribution in [-0.2, 0) is 14.9 Å². The topological polar surface area (TPSA) is 84.8 Å². The highest BCUT2D eigenvalue weighted by molar-refractivity contribution is 7.87. The summed E-state index contributed by atoms with van der Waals surface area (Å²) in [6.07, 6.45) is 1.47. The summed E-state index contributed by atoms with van der Waals surface area (Å²) >= 11 is 0. The molecule has 0 fully saturated rings. The second-order valence-electron chi connectivity index (χ2n) is 5.31. The number of nitrogens with zero attached hydrogens (tertiary/aromatic N) is 1. The van der Waals surface area contributed by atoms with Crippen LogP contribution in [0.15, 0.2) is 64.6 Å². The molecule has 0 aromatic heterocycles. The first-order valence-corrected chi connectivity index (χ1v) is 8.72. The van der Waals surface area contributed by atoms with Crippen LogP contribution in [0.2, 0.25) is 0 Å². The maximum Gasteiger partial charge on any atom is 0.339 e. The van der Waals surface area contributed by atoms with Gasteiger partial charge in [0, 0.05) is 5.92 Å². The Labute approximate surface area is 141 Å². The molecule has 6 nitrogen and oxygen atoms in total. The monoisotopic (exact) mass is 346 g/mol. The van der Waals surface area contributed by atoms with Crippen molar-refractivity contribution in [2.24, 2.45) is 11.0 Å². The van der Waals surface area contributed by atoms with E-state index in [4.69, 9.17) is 4.18 Å². The number of carbonyl (C=O) groups is 1. The average Bonchev–Trinajstić information content (AvgIpc) is 2.57. The van der Waals surface area contributed by atoms with E-state index in [9.17, 15) is 13.2 Å². The highest BCUT2D eigenvalue weighted by atomic mass is 32.2. The van der Waals surface area contributed by atoms with Crippen molar-refractivity contribution in [3.63, 3.8) is 0 Å². The molecule has 0 aliphatic carbocycles. The highest BCUT2D eigenvalue weighted by Crippen LogP contribution is 2.18. The van der Waals surface area contributed by atoms with Gasteiger partial charge in [0.15, 0.2) is 0 Å². The van der Waals surface area contributed by atoms with Crippen molar-refractivity contribution < 1.29 is 17.4 Å². The van der Waals surface area contributed by atoms with Crippen LogP contribution in [0.25, 0.3) is 0 Å². The van der Waals surface area contributed by atoms with E-state index in [-0.39, 0.29) is 22.5 Å². The number of hydrazone groups is 1. The van der Waals surface area contributed by atoms with Gasteiger partial charge in [-0.1, -0.05) is 32.0 Å². The maximum absolute atomic E-state index is 12.1. The van der Waals surface area contributed by atoms with Crippen molar-refractivity contribution in [3.05, 3.63) is 60.2 Å². The molecule has 0 saturated heterocycles. The lowest BCUT2D eigenvalue weighted by atomic mass is 10.2. The molecule has 0 radical (unpaired) electrons. The van der Waals surface area contributed by atoms with E-state index < -0.39 is 10.1 Å². The van der Waals surface area contributed by atoms with E-state index in [2.05, 4.69) is 10.5 Å². The van der Waals surface area contributed by atoms with Crippen LogP contribution in [0.1, 0.15) is 19.4 Å². The first-order valence-electron chi connectivity index (χ1n) is 7.31. The predicted octanol–water partition coefficient (Wildman–Crippen LogP) is 2.56. The zero-order chi connectivity index (χ0) is 17.6. The third kappa shape index (κ3) is 4.92. The molecular weight excluding hydrogens is 328 g/mol. The molecule has 0 aliphatic rings. The molecule has 7 heteroatoms. The lowest BCUT2D eigenvalue weighted by molar-refractivity contribution is -0.123. The van der Waals surface area contributed by atoms with Gasteiger partial charge >= 0.3 is 10.1 Å². The van der Waals surface area contributed by atoms with E-state index in [1.165, 1.54) is 30.5 Å². The summed E-state index contributed by atoms with van der Waals surface area (Å²) in [7, 11) is -3.85. The summed E-state index contributed by atoms with van der Waals surface area (Å²) in [4.78, 5) is 11.5. The van der Waals surface area contributed by atoms with Gasteiger partial charge in [0.25, 0.3) is 0 Å². The van der Waals surface area contributed by atoms with Gasteiger partial charge in [0.1, 0.15) is 10.6 Å². The van der Waals surface area contributed by atoms with E-state index >= 15 is 0 Å². The molecule has 0 saturated carbocycles. The van der Waals surface area contributed by atoms with Crippen molar-refractivity contribution in [3.8, 4) is 5.75 Å². The van der Waals surface area contributed by atoms with Crippen molar-refractivity contribution in [1.82, 2.24) is 5.43 Å². The van der Waals surface area contributed by atoms with E-state index in [0.29, 0.717) is 5.56 Å². The number of benzene rings is 2. The van der Waals surface area contributed by atoms with Gasteiger partial charge in [-0.05, 0) is 42.0 Å². The zero-order valence-electron chi connectivity index (χ0n) is 13.3. The molecule has 2 aromatic rings. The van der Waals surface area contributed by atoms with Gasteiger partial charge in [0.05, 0.1) is 6.21 Å². The Balaban J connectivity index is 2.02. The zero-order valence-corrected chi connectivity index (χ0v) is 14.2. The van der Waals surface area contributed by atoms with Crippen LogP contribution in [0.3, 0.4) is 0 Å². The standard InChI is InChI=1S/C17H18N2O4S/c1-13(2)17(20)19-18-12-14-8-10-15(11-9-14)23-24(21,22)16-6-4-3-5-7-16/h3-13H,1-2H3,(H,19,20)/b18-12-. The fourth-order valence-corrected chi connectivity index (χ4v) is 2.62. The third-order valence-corrected chi connectivity index (χ3v) is 4.29. The minimum Gasteiger partial charge on any atom is -0.379 e. The highest BCUT2D eigenvalue weighted by Gasteiger charge is 2.15. The molecule has 1 N–H and O–H groups in total. The summed E-state index contributed by atoms with van der Waals surface area (Å²) < 4.78 is 29.3. The Bertz CT molecular complexity index is 813. The Kier molecular flexibility index (Phi) is 5.70. The number of nitrogens with one attached hydrogen (secondary N) is 1. The van der Waals surface area contributed by atoms with E-state index in [1.807, 2.05) is 0 Å². The van der Waals surface area contributed by atoms with Gasteiger partial charge < -0.3 is 4.18 Å². The summed E-state index contributed by atoms with van der Waals surface area (Å²) in [6, 6.07) is 14.2. The van der Waals surface area contributed by atoms with Crippen LogP contribution in [-0.4, -0.2) is 20.5 Å². The van der Waals surface area contributed by atoms with Crippen molar-refractivity contribution in [2.75, 3.05) is 0 Å². The number of carbonyl (C=O) groups excluding carboxylic acids is 1. The number of amides is 1. The van der Waals surface area contributed by atoms with Crippen molar-refractivity contribution in [2.45, 2.75) is 18.7 Å². The summed E-state index contributed by atoms with van der Waals surface area (Å²) in [5, 5.41) is 3.83. The lowest BCUT2D eigenvalue weighted by Crippen LogP contribution is -2.22. The molecule has 0 atom stereocenters.